The summed E-state index contributed by atoms with van der Waals surface area (Å²) in [5, 5.41) is 11.1. The Morgan fingerprint density at radius 2 is 2.00 bits per heavy atom. The summed E-state index contributed by atoms with van der Waals surface area (Å²) < 4.78 is 25.7. The van der Waals surface area contributed by atoms with Crippen molar-refractivity contribution in [2.45, 2.75) is 32.2 Å². The van der Waals surface area contributed by atoms with Gasteiger partial charge in [-0.25, -0.2) is 8.78 Å². The zero-order valence-electron chi connectivity index (χ0n) is 10.5. The molecule has 0 aliphatic heterocycles. The predicted octanol–water partition coefficient (Wildman–Crippen LogP) is 2.34. The number of hydrogen-bond donors (Lipinski definition) is 2. The van der Waals surface area contributed by atoms with Gasteiger partial charge in [0.05, 0.1) is 0 Å². The van der Waals surface area contributed by atoms with Crippen molar-refractivity contribution in [3.05, 3.63) is 35.4 Å². The topological polar surface area (TPSA) is 66.4 Å². The quantitative estimate of drug-likeness (QED) is 0.834. The van der Waals surface area contributed by atoms with Crippen LogP contribution in [0, 0.1) is 11.6 Å². The molecule has 19 heavy (non-hydrogen) atoms. The number of carbonyl (C=O) groups excluding carboxylic acids is 1. The van der Waals surface area contributed by atoms with Gasteiger partial charge >= 0.3 is 5.97 Å². The SMILES string of the molecule is CC(CCCC(=O)O)NC(=O)c1ccc(F)c(F)c1. The lowest BCUT2D eigenvalue weighted by atomic mass is 10.1. The van der Waals surface area contributed by atoms with Crippen molar-refractivity contribution in [3.8, 4) is 0 Å². The maximum absolute atomic E-state index is 12.9. The molecule has 0 aromatic heterocycles. The second-order valence-electron chi connectivity index (χ2n) is 4.29. The number of carbonyl (C=O) groups is 2. The van der Waals surface area contributed by atoms with E-state index >= 15 is 0 Å². The van der Waals surface area contributed by atoms with Crippen LogP contribution in [0.1, 0.15) is 36.5 Å². The number of benzene rings is 1. The molecule has 1 atom stereocenters. The van der Waals surface area contributed by atoms with Gasteiger partial charge in [0.1, 0.15) is 0 Å². The number of aliphatic carboxylic acids is 1. The van der Waals surface area contributed by atoms with Gasteiger partial charge in [0.15, 0.2) is 11.6 Å². The molecule has 1 aromatic rings. The van der Waals surface area contributed by atoms with Crippen molar-refractivity contribution in [1.82, 2.24) is 5.32 Å². The van der Waals surface area contributed by atoms with Crippen LogP contribution in [0.5, 0.6) is 0 Å². The van der Waals surface area contributed by atoms with Gasteiger partial charge in [-0.1, -0.05) is 0 Å². The fourth-order valence-corrected chi connectivity index (χ4v) is 1.58. The van der Waals surface area contributed by atoms with Crippen LogP contribution in [-0.4, -0.2) is 23.0 Å². The first-order chi connectivity index (χ1) is 8.90. The Bertz CT molecular complexity index is 477. The van der Waals surface area contributed by atoms with Gasteiger partial charge in [0.2, 0.25) is 0 Å². The molecule has 1 unspecified atom stereocenters. The smallest absolute Gasteiger partial charge is 0.303 e. The highest BCUT2D eigenvalue weighted by molar-refractivity contribution is 5.94. The molecule has 0 aliphatic carbocycles. The third kappa shape index (κ3) is 5.03. The Morgan fingerprint density at radius 1 is 1.32 bits per heavy atom. The fraction of sp³-hybridized carbons (Fsp3) is 0.385. The van der Waals surface area contributed by atoms with Gasteiger partial charge in [-0.15, -0.1) is 0 Å². The molecular formula is C13H15F2NO3. The summed E-state index contributed by atoms with van der Waals surface area (Å²) in [4.78, 5) is 22.0. The summed E-state index contributed by atoms with van der Waals surface area (Å²) in [6.07, 6.45) is 0.974. The monoisotopic (exact) mass is 271 g/mol. The van der Waals surface area contributed by atoms with Crippen LogP contribution < -0.4 is 5.32 Å². The lowest BCUT2D eigenvalue weighted by Gasteiger charge is -2.13. The molecular weight excluding hydrogens is 256 g/mol. The van der Waals surface area contributed by atoms with Crippen LogP contribution >= 0.6 is 0 Å². The minimum absolute atomic E-state index is 0.0315. The van der Waals surface area contributed by atoms with E-state index in [4.69, 9.17) is 5.11 Å². The number of hydrogen-bond acceptors (Lipinski definition) is 2. The molecule has 4 nitrogen and oxygen atoms in total. The highest BCUT2D eigenvalue weighted by atomic mass is 19.2. The minimum atomic E-state index is -1.08. The van der Waals surface area contributed by atoms with Crippen molar-refractivity contribution in [3.63, 3.8) is 0 Å². The van der Waals surface area contributed by atoms with Crippen LogP contribution in [0.4, 0.5) is 8.78 Å². The molecule has 0 aliphatic rings. The first-order valence-electron chi connectivity index (χ1n) is 5.88. The summed E-state index contributed by atoms with van der Waals surface area (Å²) >= 11 is 0. The maximum Gasteiger partial charge on any atom is 0.303 e. The molecule has 6 heteroatoms. The van der Waals surface area contributed by atoms with Crippen LogP contribution in [-0.2, 0) is 4.79 Å². The lowest BCUT2D eigenvalue weighted by Crippen LogP contribution is -2.32. The average Bonchev–Trinajstić information content (AvgIpc) is 2.32. The van der Waals surface area contributed by atoms with Gasteiger partial charge < -0.3 is 10.4 Å². The third-order valence-electron chi connectivity index (χ3n) is 2.59. The predicted molar refractivity (Wildman–Crippen MR) is 64.8 cm³/mol. The van der Waals surface area contributed by atoms with Gasteiger partial charge in [0.25, 0.3) is 5.91 Å². The molecule has 0 spiro atoms. The summed E-state index contributed by atoms with van der Waals surface area (Å²) in [6, 6.07) is 2.67. The van der Waals surface area contributed by atoms with E-state index < -0.39 is 23.5 Å². The molecule has 0 fully saturated rings. The summed E-state index contributed by atoms with van der Waals surface area (Å²) in [6.45, 7) is 1.72. The van der Waals surface area contributed by atoms with Gasteiger partial charge in [-0.3, -0.25) is 9.59 Å². The van der Waals surface area contributed by atoms with Gasteiger partial charge in [-0.2, -0.15) is 0 Å². The van der Waals surface area contributed by atoms with Crippen LogP contribution in [0.3, 0.4) is 0 Å². The number of rotatable bonds is 6. The second-order valence-corrected chi connectivity index (χ2v) is 4.29. The van der Waals surface area contributed by atoms with Gasteiger partial charge in [-0.05, 0) is 38.0 Å². The average molecular weight is 271 g/mol. The zero-order chi connectivity index (χ0) is 14.4. The Kier molecular flexibility index (Phi) is 5.41. The van der Waals surface area contributed by atoms with E-state index in [1.165, 1.54) is 6.07 Å². The molecule has 0 saturated carbocycles. The first kappa shape index (κ1) is 15.1. The Labute approximate surface area is 109 Å². The number of amides is 1. The molecule has 2 N–H and O–H groups in total. The van der Waals surface area contributed by atoms with Crippen LogP contribution in [0.15, 0.2) is 18.2 Å². The van der Waals surface area contributed by atoms with E-state index in [2.05, 4.69) is 5.32 Å². The Morgan fingerprint density at radius 3 is 2.58 bits per heavy atom. The molecule has 104 valence electrons. The molecule has 1 aromatic carbocycles. The highest BCUT2D eigenvalue weighted by Gasteiger charge is 2.12. The number of carboxylic acid groups (broad SMARTS) is 1. The van der Waals surface area contributed by atoms with Crippen molar-refractivity contribution in [2.24, 2.45) is 0 Å². The van der Waals surface area contributed by atoms with E-state index in [0.717, 1.165) is 12.1 Å². The number of nitrogens with one attached hydrogen (secondary N) is 1. The molecule has 0 bridgehead atoms. The van der Waals surface area contributed by atoms with Crippen molar-refractivity contribution in [1.29, 1.82) is 0 Å². The summed E-state index contributed by atoms with van der Waals surface area (Å²) in [7, 11) is 0. The molecule has 1 rings (SSSR count). The zero-order valence-corrected chi connectivity index (χ0v) is 10.5. The summed E-state index contributed by atoms with van der Waals surface area (Å²) in [5.41, 5.74) is 0.0315. The number of halogens is 2. The largest absolute Gasteiger partial charge is 0.481 e. The first-order valence-corrected chi connectivity index (χ1v) is 5.88. The maximum atomic E-state index is 12.9. The molecule has 1 amide bonds. The standard InChI is InChI=1S/C13H15F2NO3/c1-8(3-2-4-12(17)18)16-13(19)9-5-6-10(14)11(15)7-9/h5-8H,2-4H2,1H3,(H,16,19)(H,17,18). The molecule has 0 radical (unpaired) electrons. The lowest BCUT2D eigenvalue weighted by molar-refractivity contribution is -0.137. The molecule has 0 saturated heterocycles. The minimum Gasteiger partial charge on any atom is -0.481 e. The number of carboxylic acids is 1. The van der Waals surface area contributed by atoms with E-state index in [-0.39, 0.29) is 18.0 Å². The third-order valence-corrected chi connectivity index (χ3v) is 2.59. The van der Waals surface area contributed by atoms with E-state index in [0.29, 0.717) is 12.8 Å². The van der Waals surface area contributed by atoms with Crippen molar-refractivity contribution in [2.75, 3.05) is 0 Å². The van der Waals surface area contributed by atoms with Gasteiger partial charge in [0, 0.05) is 18.0 Å². The highest BCUT2D eigenvalue weighted by Crippen LogP contribution is 2.09. The second kappa shape index (κ2) is 6.82. The van der Waals surface area contributed by atoms with E-state index in [1.54, 1.807) is 6.92 Å². The summed E-state index contributed by atoms with van der Waals surface area (Å²) in [5.74, 6) is -3.49. The van der Waals surface area contributed by atoms with E-state index in [9.17, 15) is 18.4 Å². The Balaban J connectivity index is 2.49. The van der Waals surface area contributed by atoms with Crippen molar-refractivity contribution < 1.29 is 23.5 Å². The van der Waals surface area contributed by atoms with Crippen LogP contribution in [0.2, 0.25) is 0 Å². The fourth-order valence-electron chi connectivity index (χ4n) is 1.58. The van der Waals surface area contributed by atoms with Crippen molar-refractivity contribution >= 4 is 11.9 Å². The normalized spacial score (nSPS) is 11.9. The van der Waals surface area contributed by atoms with E-state index in [1.807, 2.05) is 0 Å². The Hall–Kier alpha value is -1.98. The van der Waals surface area contributed by atoms with Crippen LogP contribution in [0.25, 0.3) is 0 Å². The molecule has 0 heterocycles.